The van der Waals surface area contributed by atoms with E-state index in [1.165, 1.54) is 5.56 Å². The molecule has 6 heteroatoms. The summed E-state index contributed by atoms with van der Waals surface area (Å²) < 4.78 is 0. The molecule has 1 aliphatic heterocycles. The molecule has 1 fully saturated rings. The minimum absolute atomic E-state index is 0.748. The highest BCUT2D eigenvalue weighted by Gasteiger charge is 2.11. The first-order valence-electron chi connectivity index (χ1n) is 8.24. The number of hydrogen-bond acceptors (Lipinski definition) is 6. The van der Waals surface area contributed by atoms with Gasteiger partial charge < -0.3 is 15.5 Å². The van der Waals surface area contributed by atoms with Gasteiger partial charge >= 0.3 is 0 Å². The molecule has 0 aliphatic carbocycles. The molecule has 0 radical (unpaired) electrons. The first kappa shape index (κ1) is 14.8. The number of rotatable bonds is 4. The van der Waals surface area contributed by atoms with E-state index in [9.17, 15) is 0 Å². The van der Waals surface area contributed by atoms with Crippen molar-refractivity contribution in [2.75, 3.05) is 36.4 Å². The molecule has 3 aromatic rings. The van der Waals surface area contributed by atoms with Crippen molar-refractivity contribution in [1.82, 2.24) is 20.3 Å². The van der Waals surface area contributed by atoms with Crippen LogP contribution in [0, 0.1) is 0 Å². The molecule has 0 bridgehead atoms. The van der Waals surface area contributed by atoms with E-state index in [0.29, 0.717) is 0 Å². The minimum atomic E-state index is 0.748. The summed E-state index contributed by atoms with van der Waals surface area (Å²) in [5.41, 5.74) is 4.11. The van der Waals surface area contributed by atoms with Crippen molar-refractivity contribution in [3.8, 4) is 0 Å². The van der Waals surface area contributed by atoms with Gasteiger partial charge in [-0.15, -0.1) is 0 Å². The van der Waals surface area contributed by atoms with E-state index in [1.807, 2.05) is 18.3 Å². The van der Waals surface area contributed by atoms with Crippen LogP contribution in [0.5, 0.6) is 0 Å². The molecule has 2 N–H and O–H groups in total. The molecule has 0 atom stereocenters. The van der Waals surface area contributed by atoms with Gasteiger partial charge in [-0.05, 0) is 23.8 Å². The fourth-order valence-corrected chi connectivity index (χ4v) is 2.92. The van der Waals surface area contributed by atoms with Gasteiger partial charge in [0.2, 0.25) is 0 Å². The van der Waals surface area contributed by atoms with Crippen molar-refractivity contribution in [3.05, 3.63) is 54.5 Å². The quantitative estimate of drug-likeness (QED) is 0.767. The summed E-state index contributed by atoms with van der Waals surface area (Å²) in [5.74, 6) is 1.03. The summed E-state index contributed by atoms with van der Waals surface area (Å²) in [4.78, 5) is 15.5. The van der Waals surface area contributed by atoms with Crippen molar-refractivity contribution in [3.63, 3.8) is 0 Å². The van der Waals surface area contributed by atoms with Crippen molar-refractivity contribution in [2.24, 2.45) is 0 Å². The van der Waals surface area contributed by atoms with Crippen LogP contribution in [0.2, 0.25) is 0 Å². The number of hydrogen-bond donors (Lipinski definition) is 2. The van der Waals surface area contributed by atoms with Crippen LogP contribution >= 0.6 is 0 Å². The average molecular weight is 320 g/mol. The Morgan fingerprint density at radius 3 is 2.62 bits per heavy atom. The summed E-state index contributed by atoms with van der Waals surface area (Å²) in [6, 6.07) is 10.3. The first-order valence-corrected chi connectivity index (χ1v) is 8.24. The molecule has 2 aromatic heterocycles. The van der Waals surface area contributed by atoms with E-state index in [4.69, 9.17) is 0 Å². The van der Waals surface area contributed by atoms with Crippen LogP contribution in [0.15, 0.2) is 48.9 Å². The Balaban J connectivity index is 1.46. The van der Waals surface area contributed by atoms with Gasteiger partial charge in [0.25, 0.3) is 0 Å². The van der Waals surface area contributed by atoms with E-state index in [2.05, 4.69) is 48.7 Å². The molecule has 0 amide bonds. The van der Waals surface area contributed by atoms with Crippen molar-refractivity contribution in [2.45, 2.75) is 6.54 Å². The smallest absolute Gasteiger partial charge is 0.130 e. The van der Waals surface area contributed by atoms with Gasteiger partial charge in [0, 0.05) is 63.1 Å². The highest BCUT2D eigenvalue weighted by molar-refractivity contribution is 5.74. The molecule has 24 heavy (non-hydrogen) atoms. The van der Waals surface area contributed by atoms with Gasteiger partial charge in [-0.25, -0.2) is 4.98 Å². The lowest BCUT2D eigenvalue weighted by Gasteiger charge is -2.28. The second-order valence-electron chi connectivity index (χ2n) is 5.87. The molecule has 3 heterocycles. The van der Waals surface area contributed by atoms with E-state index >= 15 is 0 Å². The molecule has 4 rings (SSSR count). The van der Waals surface area contributed by atoms with E-state index in [1.54, 1.807) is 12.4 Å². The van der Waals surface area contributed by atoms with E-state index in [0.717, 1.165) is 55.3 Å². The Morgan fingerprint density at radius 1 is 0.917 bits per heavy atom. The van der Waals surface area contributed by atoms with Gasteiger partial charge in [0.05, 0.1) is 11.0 Å². The zero-order valence-corrected chi connectivity index (χ0v) is 13.4. The first-order chi connectivity index (χ1) is 11.9. The molecule has 1 saturated heterocycles. The van der Waals surface area contributed by atoms with Gasteiger partial charge in [0.15, 0.2) is 0 Å². The average Bonchev–Trinajstić information content (AvgIpc) is 2.67. The monoisotopic (exact) mass is 320 g/mol. The van der Waals surface area contributed by atoms with Crippen LogP contribution in [0.25, 0.3) is 11.0 Å². The Hall–Kier alpha value is -2.73. The summed E-state index contributed by atoms with van der Waals surface area (Å²) in [7, 11) is 0. The molecule has 1 aliphatic rings. The third-order valence-electron chi connectivity index (χ3n) is 4.22. The second kappa shape index (κ2) is 6.80. The van der Waals surface area contributed by atoms with Crippen molar-refractivity contribution < 1.29 is 0 Å². The SMILES string of the molecule is c1cc(NCc2ccc3nccnc3c2)cc(N2CCNCC2)n1. The van der Waals surface area contributed by atoms with Gasteiger partial charge in [-0.1, -0.05) is 6.07 Å². The molecular weight excluding hydrogens is 300 g/mol. The number of nitrogens with one attached hydrogen (secondary N) is 2. The fraction of sp³-hybridized carbons (Fsp3) is 0.278. The van der Waals surface area contributed by atoms with E-state index in [-0.39, 0.29) is 0 Å². The fourth-order valence-electron chi connectivity index (χ4n) is 2.92. The lowest BCUT2D eigenvalue weighted by atomic mass is 10.2. The predicted octanol–water partition coefficient (Wildman–Crippen LogP) is 2.05. The highest BCUT2D eigenvalue weighted by Crippen LogP contribution is 2.18. The summed E-state index contributed by atoms with van der Waals surface area (Å²) in [5, 5.41) is 6.84. The molecule has 1 aromatic carbocycles. The zero-order valence-electron chi connectivity index (χ0n) is 13.4. The summed E-state index contributed by atoms with van der Waals surface area (Å²) in [6.07, 6.45) is 5.31. The van der Waals surface area contributed by atoms with Crippen LogP contribution in [0.4, 0.5) is 11.5 Å². The Morgan fingerprint density at radius 2 is 1.75 bits per heavy atom. The number of benzene rings is 1. The van der Waals surface area contributed by atoms with Crippen molar-refractivity contribution >= 4 is 22.5 Å². The topological polar surface area (TPSA) is 66.0 Å². The van der Waals surface area contributed by atoms with Crippen LogP contribution in [0.1, 0.15) is 5.56 Å². The third kappa shape index (κ3) is 3.28. The zero-order chi connectivity index (χ0) is 16.2. The maximum Gasteiger partial charge on any atom is 0.130 e. The normalized spacial score (nSPS) is 14.8. The number of aromatic nitrogens is 3. The van der Waals surface area contributed by atoms with Gasteiger partial charge in [-0.3, -0.25) is 9.97 Å². The largest absolute Gasteiger partial charge is 0.381 e. The summed E-state index contributed by atoms with van der Waals surface area (Å²) >= 11 is 0. The third-order valence-corrected chi connectivity index (χ3v) is 4.22. The van der Waals surface area contributed by atoms with E-state index < -0.39 is 0 Å². The van der Waals surface area contributed by atoms with Gasteiger partial charge in [0.1, 0.15) is 5.82 Å². The number of anilines is 2. The Kier molecular flexibility index (Phi) is 4.20. The number of nitrogens with zero attached hydrogens (tertiary/aromatic N) is 4. The van der Waals surface area contributed by atoms with Crippen LogP contribution in [-0.4, -0.2) is 41.1 Å². The molecule has 122 valence electrons. The molecule has 0 spiro atoms. The molecule has 6 nitrogen and oxygen atoms in total. The maximum absolute atomic E-state index is 4.50. The van der Waals surface area contributed by atoms with Crippen LogP contribution in [0.3, 0.4) is 0 Å². The summed E-state index contributed by atoms with van der Waals surface area (Å²) in [6.45, 7) is 4.77. The van der Waals surface area contributed by atoms with Gasteiger partial charge in [-0.2, -0.15) is 0 Å². The van der Waals surface area contributed by atoms with Crippen molar-refractivity contribution in [1.29, 1.82) is 0 Å². The predicted molar refractivity (Wildman–Crippen MR) is 96.2 cm³/mol. The molecular formula is C18H20N6. The lowest BCUT2D eigenvalue weighted by molar-refractivity contribution is 0.585. The Bertz CT molecular complexity index is 828. The number of pyridine rings is 1. The Labute approximate surface area is 141 Å². The lowest BCUT2D eigenvalue weighted by Crippen LogP contribution is -2.43. The molecule has 0 unspecified atom stereocenters. The standard InChI is InChI=1S/C18H20N6/c1-2-16-17(21-6-5-20-16)11-14(1)13-23-15-3-4-22-18(12-15)24-9-7-19-8-10-24/h1-6,11-12,19H,7-10,13H2,(H,22,23). The molecule has 0 saturated carbocycles. The number of piperazine rings is 1. The number of fused-ring (bicyclic) bond motifs is 1. The van der Waals surface area contributed by atoms with Crippen LogP contribution in [-0.2, 0) is 6.54 Å². The maximum atomic E-state index is 4.50. The minimum Gasteiger partial charge on any atom is -0.381 e. The second-order valence-corrected chi connectivity index (χ2v) is 5.87. The highest BCUT2D eigenvalue weighted by atomic mass is 15.2. The van der Waals surface area contributed by atoms with Crippen LogP contribution < -0.4 is 15.5 Å².